The summed E-state index contributed by atoms with van der Waals surface area (Å²) in [5.41, 5.74) is 2.22. The molecule has 2 aromatic rings. The van der Waals surface area contributed by atoms with Gasteiger partial charge in [0.25, 0.3) is 0 Å². The van der Waals surface area contributed by atoms with Crippen LogP contribution >= 0.6 is 0 Å². The van der Waals surface area contributed by atoms with Crippen LogP contribution in [0.3, 0.4) is 0 Å². The van der Waals surface area contributed by atoms with Gasteiger partial charge in [0.2, 0.25) is 5.91 Å². The van der Waals surface area contributed by atoms with Gasteiger partial charge in [0.15, 0.2) is 0 Å². The first kappa shape index (κ1) is 17.9. The summed E-state index contributed by atoms with van der Waals surface area (Å²) in [5, 5.41) is 9.10. The number of aromatic carboxylic acids is 1. The number of hydrogen-bond acceptors (Lipinski definition) is 3. The van der Waals surface area contributed by atoms with E-state index in [2.05, 4.69) is 0 Å². The predicted octanol–water partition coefficient (Wildman–Crippen LogP) is 3.27. The molecule has 0 aromatic heterocycles. The van der Waals surface area contributed by atoms with E-state index in [0.29, 0.717) is 38.3 Å². The third-order valence-corrected chi connectivity index (χ3v) is 4.42. The van der Waals surface area contributed by atoms with Crippen molar-refractivity contribution in [2.75, 3.05) is 13.2 Å². The fourth-order valence-corrected chi connectivity index (χ4v) is 3.03. The third kappa shape index (κ3) is 4.39. The molecule has 26 heavy (non-hydrogen) atoms. The average Bonchev–Trinajstić information content (AvgIpc) is 2.64. The van der Waals surface area contributed by atoms with Crippen molar-refractivity contribution in [3.05, 3.63) is 65.0 Å². The molecular weight excluding hydrogens is 337 g/mol. The van der Waals surface area contributed by atoms with Crippen molar-refractivity contribution in [3.63, 3.8) is 0 Å². The number of fused-ring (bicyclic) bond motifs is 1. The number of carbonyl (C=O) groups excluding carboxylic acids is 1. The molecule has 0 fully saturated rings. The zero-order chi connectivity index (χ0) is 18.5. The zero-order valence-corrected chi connectivity index (χ0v) is 14.3. The highest BCUT2D eigenvalue weighted by molar-refractivity contribution is 5.88. The number of benzene rings is 2. The summed E-state index contributed by atoms with van der Waals surface area (Å²) in [6, 6.07) is 11.0. The summed E-state index contributed by atoms with van der Waals surface area (Å²) in [7, 11) is 0. The monoisotopic (exact) mass is 357 g/mol. The zero-order valence-electron chi connectivity index (χ0n) is 14.3. The van der Waals surface area contributed by atoms with E-state index in [-0.39, 0.29) is 17.3 Å². The number of amides is 1. The molecule has 0 unspecified atom stereocenters. The standard InChI is InChI=1S/C20H20FNO4/c21-17-3-1-4-18(12-17)26-10-2-5-19(23)22-9-8-14-6-7-15(20(24)25)11-16(14)13-22/h1,3-4,6-7,11-12H,2,5,8-10,13H2,(H,24,25). The molecule has 0 saturated carbocycles. The Bertz CT molecular complexity index is 821. The minimum absolute atomic E-state index is 0.0132. The number of carboxylic acid groups (broad SMARTS) is 1. The summed E-state index contributed by atoms with van der Waals surface area (Å²) in [6.07, 6.45) is 1.60. The maximum atomic E-state index is 13.1. The van der Waals surface area contributed by atoms with E-state index in [1.165, 1.54) is 12.1 Å². The first-order chi connectivity index (χ1) is 12.5. The Kier molecular flexibility index (Phi) is 5.51. The Morgan fingerprint density at radius 3 is 2.77 bits per heavy atom. The molecule has 2 aromatic carbocycles. The molecule has 1 aliphatic heterocycles. The fourth-order valence-electron chi connectivity index (χ4n) is 3.03. The maximum Gasteiger partial charge on any atom is 0.335 e. The molecule has 6 heteroatoms. The smallest absolute Gasteiger partial charge is 0.335 e. The Labute approximate surface area is 151 Å². The van der Waals surface area contributed by atoms with E-state index in [9.17, 15) is 14.0 Å². The molecule has 0 aliphatic carbocycles. The molecule has 3 rings (SSSR count). The highest BCUT2D eigenvalue weighted by Crippen LogP contribution is 2.21. The van der Waals surface area contributed by atoms with Crippen LogP contribution in [0.25, 0.3) is 0 Å². The molecule has 0 radical (unpaired) electrons. The molecule has 1 N–H and O–H groups in total. The van der Waals surface area contributed by atoms with Crippen LogP contribution < -0.4 is 4.74 Å². The number of nitrogens with zero attached hydrogens (tertiary/aromatic N) is 1. The molecule has 5 nitrogen and oxygen atoms in total. The van der Waals surface area contributed by atoms with Gasteiger partial charge in [-0.2, -0.15) is 0 Å². The molecule has 1 aliphatic rings. The molecular formula is C20H20FNO4. The molecule has 0 spiro atoms. The van der Waals surface area contributed by atoms with Crippen LogP contribution in [-0.4, -0.2) is 35.0 Å². The second-order valence-electron chi connectivity index (χ2n) is 6.26. The van der Waals surface area contributed by atoms with Gasteiger partial charge in [0.1, 0.15) is 11.6 Å². The van der Waals surface area contributed by atoms with Gasteiger partial charge in [-0.3, -0.25) is 4.79 Å². The second-order valence-corrected chi connectivity index (χ2v) is 6.26. The van der Waals surface area contributed by atoms with E-state index in [0.717, 1.165) is 17.5 Å². The van der Waals surface area contributed by atoms with Gasteiger partial charge in [0, 0.05) is 25.6 Å². The lowest BCUT2D eigenvalue weighted by molar-refractivity contribution is -0.132. The maximum absolute atomic E-state index is 13.1. The van der Waals surface area contributed by atoms with Gasteiger partial charge in [-0.15, -0.1) is 0 Å². The molecule has 1 heterocycles. The van der Waals surface area contributed by atoms with Gasteiger partial charge < -0.3 is 14.7 Å². The van der Waals surface area contributed by atoms with Crippen molar-refractivity contribution in [2.45, 2.75) is 25.8 Å². The van der Waals surface area contributed by atoms with Crippen LogP contribution in [0.1, 0.15) is 34.3 Å². The van der Waals surface area contributed by atoms with Crippen molar-refractivity contribution < 1.29 is 23.8 Å². The number of hydrogen-bond donors (Lipinski definition) is 1. The topological polar surface area (TPSA) is 66.8 Å². The van der Waals surface area contributed by atoms with Crippen molar-refractivity contribution in [2.24, 2.45) is 0 Å². The lowest BCUT2D eigenvalue weighted by atomic mass is 9.97. The van der Waals surface area contributed by atoms with Gasteiger partial charge in [-0.25, -0.2) is 9.18 Å². The lowest BCUT2D eigenvalue weighted by Crippen LogP contribution is -2.36. The van der Waals surface area contributed by atoms with Crippen LogP contribution in [-0.2, 0) is 17.8 Å². The first-order valence-corrected chi connectivity index (χ1v) is 8.54. The highest BCUT2D eigenvalue weighted by atomic mass is 19.1. The summed E-state index contributed by atoms with van der Waals surface area (Å²) < 4.78 is 18.5. The largest absolute Gasteiger partial charge is 0.493 e. The van der Waals surface area contributed by atoms with Crippen LogP contribution in [0, 0.1) is 5.82 Å². The van der Waals surface area contributed by atoms with Crippen LogP contribution in [0.5, 0.6) is 5.75 Å². The number of carboxylic acids is 1. The molecule has 0 bridgehead atoms. The molecule has 1 amide bonds. The Balaban J connectivity index is 1.49. The number of halogens is 1. The van der Waals surface area contributed by atoms with Crippen molar-refractivity contribution in [3.8, 4) is 5.75 Å². The van der Waals surface area contributed by atoms with E-state index in [1.807, 2.05) is 6.07 Å². The molecule has 0 saturated heterocycles. The summed E-state index contributed by atoms with van der Waals surface area (Å²) in [4.78, 5) is 25.2. The highest BCUT2D eigenvalue weighted by Gasteiger charge is 2.21. The summed E-state index contributed by atoms with van der Waals surface area (Å²) >= 11 is 0. The van der Waals surface area contributed by atoms with Gasteiger partial charge >= 0.3 is 5.97 Å². The Morgan fingerprint density at radius 1 is 1.15 bits per heavy atom. The van der Waals surface area contributed by atoms with E-state index in [1.54, 1.807) is 29.2 Å². The van der Waals surface area contributed by atoms with Crippen molar-refractivity contribution >= 4 is 11.9 Å². The quantitative estimate of drug-likeness (QED) is 0.806. The van der Waals surface area contributed by atoms with Gasteiger partial charge in [0.05, 0.1) is 12.2 Å². The van der Waals surface area contributed by atoms with Crippen LogP contribution in [0.2, 0.25) is 0 Å². The molecule has 136 valence electrons. The summed E-state index contributed by atoms with van der Waals surface area (Å²) in [5.74, 6) is -0.859. The minimum atomic E-state index is -0.967. The number of ether oxygens (including phenoxy) is 1. The van der Waals surface area contributed by atoms with Crippen molar-refractivity contribution in [1.82, 2.24) is 4.90 Å². The van der Waals surface area contributed by atoms with Gasteiger partial charge in [-0.05, 0) is 48.2 Å². The van der Waals surface area contributed by atoms with E-state index < -0.39 is 5.97 Å². The van der Waals surface area contributed by atoms with Gasteiger partial charge in [-0.1, -0.05) is 12.1 Å². The summed E-state index contributed by atoms with van der Waals surface area (Å²) in [6.45, 7) is 1.39. The lowest BCUT2D eigenvalue weighted by Gasteiger charge is -2.29. The number of rotatable bonds is 6. The molecule has 0 atom stereocenters. The predicted molar refractivity (Wildman–Crippen MR) is 93.7 cm³/mol. The van der Waals surface area contributed by atoms with Crippen molar-refractivity contribution in [1.29, 1.82) is 0 Å². The Morgan fingerprint density at radius 2 is 2.00 bits per heavy atom. The Hall–Kier alpha value is -2.89. The van der Waals surface area contributed by atoms with Crippen LogP contribution in [0.4, 0.5) is 4.39 Å². The van der Waals surface area contributed by atoms with Crippen LogP contribution in [0.15, 0.2) is 42.5 Å². The SMILES string of the molecule is O=C(O)c1ccc2c(c1)CN(C(=O)CCCOc1cccc(F)c1)CC2. The average molecular weight is 357 g/mol. The number of carbonyl (C=O) groups is 2. The fraction of sp³-hybridized carbons (Fsp3) is 0.300. The third-order valence-electron chi connectivity index (χ3n) is 4.42. The first-order valence-electron chi connectivity index (χ1n) is 8.54. The minimum Gasteiger partial charge on any atom is -0.493 e. The normalized spacial score (nSPS) is 13.2. The second kappa shape index (κ2) is 7.99. The van der Waals surface area contributed by atoms with E-state index >= 15 is 0 Å². The van der Waals surface area contributed by atoms with E-state index in [4.69, 9.17) is 9.84 Å².